The highest BCUT2D eigenvalue weighted by atomic mass is 32.2. The van der Waals surface area contributed by atoms with Crippen molar-refractivity contribution in [2.45, 2.75) is 18.2 Å². The van der Waals surface area contributed by atoms with E-state index in [4.69, 9.17) is 4.74 Å². The molecule has 0 aliphatic rings. The third-order valence-corrected chi connectivity index (χ3v) is 6.98. The second-order valence-corrected chi connectivity index (χ2v) is 11.1. The number of nitrogens with one attached hydrogen (secondary N) is 1. The molecular formula is C26H40N7O3S+. The molecule has 0 amide bonds. The number of hydrogen-bond donors (Lipinski definition) is 1. The Hall–Kier alpha value is -2.95. The fourth-order valence-corrected chi connectivity index (χ4v) is 4.24. The predicted octanol–water partition coefficient (Wildman–Crippen LogP) is 4.12. The van der Waals surface area contributed by atoms with Gasteiger partial charge in [-0.1, -0.05) is 0 Å². The minimum atomic E-state index is -3.63. The second-order valence-electron chi connectivity index (χ2n) is 9.31. The maximum absolute atomic E-state index is 12.6. The monoisotopic (exact) mass is 530 g/mol. The number of ether oxygens (including phenoxy) is 1. The van der Waals surface area contributed by atoms with Crippen LogP contribution in [-0.4, -0.2) is 93.0 Å². The van der Waals surface area contributed by atoms with Gasteiger partial charge in [-0.05, 0) is 55.5 Å². The summed E-state index contributed by atoms with van der Waals surface area (Å²) in [6.45, 7) is 6.20. The third kappa shape index (κ3) is 11.8. The summed E-state index contributed by atoms with van der Waals surface area (Å²) in [6, 6.07) is 16.7. The summed E-state index contributed by atoms with van der Waals surface area (Å²) in [5, 5.41) is 8.39. The van der Waals surface area contributed by atoms with E-state index >= 15 is 0 Å². The van der Waals surface area contributed by atoms with Crippen molar-refractivity contribution in [2.24, 2.45) is 20.2 Å². The fraction of sp³-hybridized carbons (Fsp3) is 0.500. The first-order valence-corrected chi connectivity index (χ1v) is 13.9. The number of benzene rings is 2. The molecule has 0 atom stereocenters. The van der Waals surface area contributed by atoms with E-state index in [0.717, 1.165) is 35.4 Å². The summed E-state index contributed by atoms with van der Waals surface area (Å²) in [5.41, 5.74) is 2.36. The minimum Gasteiger partial charge on any atom is -0.378 e. The van der Waals surface area contributed by atoms with Crippen LogP contribution in [0.2, 0.25) is 0 Å². The molecule has 0 unspecified atom stereocenters. The van der Waals surface area contributed by atoms with Crippen molar-refractivity contribution >= 4 is 33.1 Å². The molecule has 0 radical (unpaired) electrons. The molecule has 2 aromatic rings. The van der Waals surface area contributed by atoms with Crippen LogP contribution in [0.4, 0.5) is 17.1 Å². The fourth-order valence-electron chi connectivity index (χ4n) is 3.23. The summed E-state index contributed by atoms with van der Waals surface area (Å²) in [4.78, 5) is 10.3. The minimum absolute atomic E-state index is 0.172. The van der Waals surface area contributed by atoms with Crippen LogP contribution in [0.3, 0.4) is 0 Å². The zero-order valence-corrected chi connectivity index (χ0v) is 23.4. The highest BCUT2D eigenvalue weighted by Gasteiger charge is 2.15. The maximum Gasteiger partial charge on any atom is 0.240 e. The van der Waals surface area contributed by atoms with Crippen LogP contribution in [0.25, 0.3) is 0 Å². The molecule has 37 heavy (non-hydrogen) atoms. The maximum atomic E-state index is 12.6. The smallest absolute Gasteiger partial charge is 0.240 e. The van der Waals surface area contributed by atoms with E-state index in [0.29, 0.717) is 32.0 Å². The molecule has 0 heterocycles. The van der Waals surface area contributed by atoms with E-state index in [1.165, 1.54) is 12.1 Å². The number of nitrogens with zero attached hydrogens (tertiary/aromatic N) is 6. The lowest BCUT2D eigenvalue weighted by atomic mass is 10.3. The molecule has 202 valence electrons. The van der Waals surface area contributed by atoms with E-state index in [9.17, 15) is 8.42 Å². The lowest BCUT2D eigenvalue weighted by Crippen LogP contribution is -2.43. The molecule has 2 rings (SSSR count). The number of quaternary nitrogens is 1. The van der Waals surface area contributed by atoms with Gasteiger partial charge in [0.1, 0.15) is 6.54 Å². The van der Waals surface area contributed by atoms with Crippen molar-refractivity contribution in [2.75, 3.05) is 79.0 Å². The molecule has 0 fully saturated rings. The van der Waals surface area contributed by atoms with Gasteiger partial charge in [-0.25, -0.2) is 23.1 Å². The van der Waals surface area contributed by atoms with Crippen molar-refractivity contribution in [3.05, 3.63) is 48.5 Å². The Balaban J connectivity index is 1.72. The normalized spacial score (nSPS) is 11.9. The summed E-state index contributed by atoms with van der Waals surface area (Å²) in [6.07, 6.45) is 0.947. The number of aliphatic imine (C=N–C) groups is 2. The van der Waals surface area contributed by atoms with Gasteiger partial charge in [-0.3, -0.25) is 0 Å². The van der Waals surface area contributed by atoms with Crippen LogP contribution < -0.4 is 9.62 Å². The summed E-state index contributed by atoms with van der Waals surface area (Å²) in [5.74, 6) is 0. The van der Waals surface area contributed by atoms with Crippen molar-refractivity contribution in [3.63, 3.8) is 0 Å². The molecule has 11 heteroatoms. The van der Waals surface area contributed by atoms with Crippen LogP contribution in [-0.2, 0) is 14.8 Å². The first-order chi connectivity index (χ1) is 17.6. The molecule has 0 saturated heterocycles. The Morgan fingerprint density at radius 1 is 0.919 bits per heavy atom. The zero-order valence-electron chi connectivity index (χ0n) is 22.6. The average molecular weight is 531 g/mol. The van der Waals surface area contributed by atoms with E-state index in [-0.39, 0.29) is 11.4 Å². The lowest BCUT2D eigenvalue weighted by molar-refractivity contribution is -0.890. The standard InChI is InChI=1S/C26H40N7O3S/c1-6-27-22-28-16-7-18-33(4,5)19-21-36-20-17-29-37(34,35)26-14-10-24(11-15-26)31-30-23-8-12-25(13-9-23)32(2)3/h8-15,29H,6-7,16-21H2,1-5H3/q+1. The number of anilines is 1. The second kappa shape index (κ2) is 15.3. The van der Waals surface area contributed by atoms with E-state index in [1.54, 1.807) is 12.1 Å². The van der Waals surface area contributed by atoms with Crippen molar-refractivity contribution in [1.82, 2.24) is 4.72 Å². The number of sulfonamides is 1. The molecule has 10 nitrogen and oxygen atoms in total. The predicted molar refractivity (Wildman–Crippen MR) is 149 cm³/mol. The Labute approximate surface area is 221 Å². The molecule has 0 aliphatic heterocycles. The van der Waals surface area contributed by atoms with Gasteiger partial charge in [0, 0.05) is 39.3 Å². The first kappa shape index (κ1) is 30.3. The number of azo groups is 1. The highest BCUT2D eigenvalue weighted by molar-refractivity contribution is 7.89. The van der Waals surface area contributed by atoms with Crippen molar-refractivity contribution in [3.8, 4) is 0 Å². The molecular weight excluding hydrogens is 490 g/mol. The molecule has 0 saturated carbocycles. The van der Waals surface area contributed by atoms with Gasteiger partial charge in [-0.15, -0.1) is 0 Å². The SMILES string of the molecule is CCN=C=NCCC[N+](C)(C)CCOCCNS(=O)(=O)c1ccc(N=Nc2ccc(N(C)C)cc2)cc1. The van der Waals surface area contributed by atoms with Gasteiger partial charge in [0.15, 0.2) is 0 Å². The zero-order chi connectivity index (χ0) is 27.2. The average Bonchev–Trinajstić information content (AvgIpc) is 2.87. The van der Waals surface area contributed by atoms with E-state index < -0.39 is 10.0 Å². The van der Waals surface area contributed by atoms with Gasteiger partial charge in [0.25, 0.3) is 0 Å². The quantitative estimate of drug-likeness (QED) is 0.152. The third-order valence-electron chi connectivity index (χ3n) is 5.51. The molecule has 2 aromatic carbocycles. The van der Waals surface area contributed by atoms with Gasteiger partial charge < -0.3 is 14.1 Å². The number of rotatable bonds is 16. The Kier molecular flexibility index (Phi) is 12.5. The van der Waals surface area contributed by atoms with Crippen LogP contribution in [0.1, 0.15) is 13.3 Å². The topological polar surface area (TPSA) is 108 Å². The van der Waals surface area contributed by atoms with Crippen molar-refractivity contribution < 1.29 is 17.6 Å². The molecule has 0 bridgehead atoms. The number of likely N-dealkylation sites (N-methyl/N-ethyl adjacent to an activating group) is 1. The molecule has 0 aromatic heterocycles. The summed E-state index contributed by atoms with van der Waals surface area (Å²) < 4.78 is 34.2. The van der Waals surface area contributed by atoms with Gasteiger partial charge >= 0.3 is 0 Å². The molecule has 1 N–H and O–H groups in total. The van der Waals surface area contributed by atoms with Crippen LogP contribution in [0, 0.1) is 0 Å². The first-order valence-electron chi connectivity index (χ1n) is 12.4. The lowest BCUT2D eigenvalue weighted by Gasteiger charge is -2.29. The van der Waals surface area contributed by atoms with Gasteiger partial charge in [-0.2, -0.15) is 10.2 Å². The van der Waals surface area contributed by atoms with E-state index in [2.05, 4.69) is 45.0 Å². The van der Waals surface area contributed by atoms with Crippen molar-refractivity contribution in [1.29, 1.82) is 0 Å². The van der Waals surface area contributed by atoms with E-state index in [1.807, 2.05) is 50.2 Å². The molecule has 0 aliphatic carbocycles. The Bertz CT molecular complexity index is 1140. The summed E-state index contributed by atoms with van der Waals surface area (Å²) in [7, 11) is 4.59. The van der Waals surface area contributed by atoms with Crippen LogP contribution in [0.5, 0.6) is 0 Å². The number of hydrogen-bond acceptors (Lipinski definition) is 8. The van der Waals surface area contributed by atoms with Gasteiger partial charge in [0.05, 0.1) is 62.7 Å². The van der Waals surface area contributed by atoms with Crippen LogP contribution >= 0.6 is 0 Å². The van der Waals surface area contributed by atoms with Gasteiger partial charge in [0.2, 0.25) is 10.0 Å². The molecule has 0 spiro atoms. The highest BCUT2D eigenvalue weighted by Crippen LogP contribution is 2.22. The Morgan fingerprint density at radius 3 is 2.14 bits per heavy atom. The van der Waals surface area contributed by atoms with Crippen LogP contribution in [0.15, 0.2) is 73.6 Å². The summed E-state index contributed by atoms with van der Waals surface area (Å²) >= 11 is 0. The Morgan fingerprint density at radius 2 is 1.54 bits per heavy atom. The largest absolute Gasteiger partial charge is 0.378 e.